The molecule has 0 saturated heterocycles. The lowest BCUT2D eigenvalue weighted by molar-refractivity contribution is 0.102. The van der Waals surface area contributed by atoms with Gasteiger partial charge in [-0.25, -0.2) is 0 Å². The van der Waals surface area contributed by atoms with Crippen LogP contribution in [0, 0.1) is 0 Å². The molecule has 8 heteroatoms. The van der Waals surface area contributed by atoms with Crippen LogP contribution in [0.15, 0.2) is 70.4 Å². The molecule has 0 aliphatic rings. The number of carbonyl (C=O) groups excluding carboxylic acids is 1. The van der Waals surface area contributed by atoms with Crippen LogP contribution in [0.2, 0.25) is 0 Å². The molecule has 4 aromatic rings. The first-order valence-corrected chi connectivity index (χ1v) is 9.80. The van der Waals surface area contributed by atoms with E-state index in [9.17, 15) is 4.79 Å². The standard InChI is InChI=1S/C21H17N3O4S/c1-26-16-9-7-14(8-10-16)17(25)13-29-21-24-23-19(28-21)12-27-18-6-2-4-15-5-3-11-22-20(15)18/h2-11H,12-13H2,1H3. The Morgan fingerprint density at radius 1 is 1.07 bits per heavy atom. The summed E-state index contributed by atoms with van der Waals surface area (Å²) in [5, 5.41) is 9.25. The zero-order valence-electron chi connectivity index (χ0n) is 15.6. The second-order valence-electron chi connectivity index (χ2n) is 6.02. The molecule has 0 aliphatic carbocycles. The quantitative estimate of drug-likeness (QED) is 0.318. The van der Waals surface area contributed by atoms with E-state index in [1.54, 1.807) is 37.6 Å². The molecule has 0 unspecified atom stereocenters. The highest BCUT2D eigenvalue weighted by Gasteiger charge is 2.12. The lowest BCUT2D eigenvalue weighted by Gasteiger charge is -2.06. The number of hydrogen-bond donors (Lipinski definition) is 0. The number of benzene rings is 2. The number of thioether (sulfide) groups is 1. The molecule has 0 N–H and O–H groups in total. The van der Waals surface area contributed by atoms with E-state index in [0.29, 0.717) is 28.2 Å². The highest BCUT2D eigenvalue weighted by atomic mass is 32.2. The van der Waals surface area contributed by atoms with E-state index in [1.165, 1.54) is 11.8 Å². The molecule has 2 heterocycles. The highest BCUT2D eigenvalue weighted by molar-refractivity contribution is 7.99. The van der Waals surface area contributed by atoms with E-state index in [0.717, 1.165) is 10.9 Å². The molecule has 0 fully saturated rings. The van der Waals surface area contributed by atoms with Crippen LogP contribution < -0.4 is 9.47 Å². The van der Waals surface area contributed by atoms with Crippen LogP contribution >= 0.6 is 11.8 Å². The molecular formula is C21H17N3O4S. The smallest absolute Gasteiger partial charge is 0.277 e. The summed E-state index contributed by atoms with van der Waals surface area (Å²) >= 11 is 1.19. The molecule has 0 amide bonds. The maximum Gasteiger partial charge on any atom is 0.277 e. The molecule has 2 aromatic heterocycles. The largest absolute Gasteiger partial charge is 0.497 e. The minimum Gasteiger partial charge on any atom is -0.497 e. The van der Waals surface area contributed by atoms with Crippen LogP contribution in [0.4, 0.5) is 0 Å². The number of fused-ring (bicyclic) bond motifs is 1. The maximum atomic E-state index is 12.3. The van der Waals surface area contributed by atoms with Crippen molar-refractivity contribution in [1.82, 2.24) is 15.2 Å². The van der Waals surface area contributed by atoms with Gasteiger partial charge < -0.3 is 13.9 Å². The summed E-state index contributed by atoms with van der Waals surface area (Å²) in [5.74, 6) is 1.84. The summed E-state index contributed by atoms with van der Waals surface area (Å²) in [6.45, 7) is 0.121. The van der Waals surface area contributed by atoms with Crippen LogP contribution in [0.1, 0.15) is 16.2 Å². The Morgan fingerprint density at radius 3 is 2.72 bits per heavy atom. The third kappa shape index (κ3) is 4.55. The van der Waals surface area contributed by atoms with Crippen LogP contribution in [-0.4, -0.2) is 33.8 Å². The lowest BCUT2D eigenvalue weighted by Crippen LogP contribution is -2.02. The van der Waals surface area contributed by atoms with E-state index >= 15 is 0 Å². The van der Waals surface area contributed by atoms with Gasteiger partial charge in [0, 0.05) is 17.1 Å². The fourth-order valence-corrected chi connectivity index (χ4v) is 3.35. The number of carbonyl (C=O) groups is 1. The summed E-state index contributed by atoms with van der Waals surface area (Å²) in [5.41, 5.74) is 1.37. The van der Waals surface area contributed by atoms with E-state index in [2.05, 4.69) is 15.2 Å². The number of para-hydroxylation sites is 1. The molecule has 0 spiro atoms. The molecule has 0 saturated carbocycles. The van der Waals surface area contributed by atoms with E-state index in [-0.39, 0.29) is 18.1 Å². The molecule has 7 nitrogen and oxygen atoms in total. The number of hydrogen-bond acceptors (Lipinski definition) is 8. The van der Waals surface area contributed by atoms with Crippen LogP contribution in [-0.2, 0) is 6.61 Å². The molecule has 0 bridgehead atoms. The number of pyridine rings is 1. The number of rotatable bonds is 8. The number of aromatic nitrogens is 3. The van der Waals surface area contributed by atoms with Gasteiger partial charge in [0.25, 0.3) is 11.1 Å². The third-order valence-corrected chi connectivity index (χ3v) is 4.95. The molecule has 146 valence electrons. The van der Waals surface area contributed by atoms with E-state index in [4.69, 9.17) is 13.9 Å². The van der Waals surface area contributed by atoms with Crippen molar-refractivity contribution in [3.05, 3.63) is 72.2 Å². The Bertz CT molecular complexity index is 1120. The van der Waals surface area contributed by atoms with Gasteiger partial charge in [0.2, 0.25) is 0 Å². The van der Waals surface area contributed by atoms with Gasteiger partial charge in [-0.2, -0.15) is 0 Å². The SMILES string of the molecule is COc1ccc(C(=O)CSc2nnc(COc3cccc4cccnc34)o2)cc1. The van der Waals surface area contributed by atoms with Gasteiger partial charge in [0.1, 0.15) is 17.0 Å². The highest BCUT2D eigenvalue weighted by Crippen LogP contribution is 2.24. The molecule has 0 aliphatic heterocycles. The summed E-state index contributed by atoms with van der Waals surface area (Å²) in [6.07, 6.45) is 1.72. The number of ketones is 1. The van der Waals surface area contributed by atoms with Gasteiger partial charge >= 0.3 is 0 Å². The van der Waals surface area contributed by atoms with Crippen molar-refractivity contribution in [1.29, 1.82) is 0 Å². The van der Waals surface area contributed by atoms with Crippen molar-refractivity contribution in [2.75, 3.05) is 12.9 Å². The predicted molar refractivity (Wildman–Crippen MR) is 108 cm³/mol. The summed E-state index contributed by atoms with van der Waals surface area (Å²) < 4.78 is 16.4. The molecular weight excluding hydrogens is 390 g/mol. The molecule has 2 aromatic carbocycles. The fourth-order valence-electron chi connectivity index (χ4n) is 2.67. The first kappa shape index (κ1) is 18.9. The minimum atomic E-state index is -0.0320. The monoisotopic (exact) mass is 407 g/mol. The van der Waals surface area contributed by atoms with E-state index in [1.807, 2.05) is 30.3 Å². The van der Waals surface area contributed by atoms with Crippen molar-refractivity contribution in [3.8, 4) is 11.5 Å². The number of ether oxygens (including phenoxy) is 2. The predicted octanol–water partition coefficient (Wildman–Crippen LogP) is 4.18. The molecule has 4 rings (SSSR count). The Kier molecular flexibility index (Phi) is 5.71. The van der Waals surface area contributed by atoms with Gasteiger partial charge in [-0.3, -0.25) is 9.78 Å². The summed E-state index contributed by atoms with van der Waals surface area (Å²) in [7, 11) is 1.58. The van der Waals surface area contributed by atoms with Crippen molar-refractivity contribution in [2.45, 2.75) is 11.8 Å². The Balaban J connectivity index is 1.34. The van der Waals surface area contributed by atoms with Crippen LogP contribution in [0.25, 0.3) is 10.9 Å². The molecule has 29 heavy (non-hydrogen) atoms. The van der Waals surface area contributed by atoms with Crippen molar-refractivity contribution in [3.63, 3.8) is 0 Å². The first-order chi connectivity index (χ1) is 14.2. The van der Waals surface area contributed by atoms with Crippen LogP contribution in [0.3, 0.4) is 0 Å². The Labute approximate surface area is 171 Å². The summed E-state index contributed by atoms with van der Waals surface area (Å²) in [6, 6.07) is 16.5. The first-order valence-electron chi connectivity index (χ1n) is 8.82. The maximum absolute atomic E-state index is 12.3. The zero-order valence-corrected chi connectivity index (χ0v) is 16.4. The number of nitrogens with zero attached hydrogens (tertiary/aromatic N) is 3. The van der Waals surface area contributed by atoms with Crippen molar-refractivity contribution >= 4 is 28.4 Å². The third-order valence-electron chi connectivity index (χ3n) is 4.13. The topological polar surface area (TPSA) is 87.3 Å². The molecule has 0 atom stereocenters. The van der Waals surface area contributed by atoms with Gasteiger partial charge in [0.05, 0.1) is 12.9 Å². The normalized spacial score (nSPS) is 10.8. The second kappa shape index (κ2) is 8.74. The van der Waals surface area contributed by atoms with Crippen molar-refractivity contribution < 1.29 is 18.7 Å². The summed E-state index contributed by atoms with van der Waals surface area (Å²) in [4.78, 5) is 16.6. The fraction of sp³-hybridized carbons (Fsp3) is 0.143. The zero-order chi connectivity index (χ0) is 20.1. The van der Waals surface area contributed by atoms with Crippen LogP contribution in [0.5, 0.6) is 11.5 Å². The lowest BCUT2D eigenvalue weighted by atomic mass is 10.1. The van der Waals surface area contributed by atoms with Gasteiger partial charge in [-0.05, 0) is 36.4 Å². The Hall–Kier alpha value is -3.39. The number of methoxy groups -OCH3 is 1. The average molecular weight is 407 g/mol. The minimum absolute atomic E-state index is 0.0320. The van der Waals surface area contributed by atoms with Crippen molar-refractivity contribution in [2.24, 2.45) is 0 Å². The van der Waals surface area contributed by atoms with E-state index < -0.39 is 0 Å². The average Bonchev–Trinajstić information content (AvgIpc) is 3.24. The Morgan fingerprint density at radius 2 is 1.90 bits per heavy atom. The van der Waals surface area contributed by atoms with Gasteiger partial charge in [-0.1, -0.05) is 30.0 Å². The second-order valence-corrected chi connectivity index (χ2v) is 6.95. The van der Waals surface area contributed by atoms with Gasteiger partial charge in [0.15, 0.2) is 12.4 Å². The number of Topliss-reactive ketones (excluding diaryl/α,β-unsaturated/α-hetero) is 1. The van der Waals surface area contributed by atoms with Gasteiger partial charge in [-0.15, -0.1) is 10.2 Å². The molecule has 0 radical (unpaired) electrons.